The highest BCUT2D eigenvalue weighted by molar-refractivity contribution is 5.72. The van der Waals surface area contributed by atoms with E-state index in [1.54, 1.807) is 13.0 Å². The van der Waals surface area contributed by atoms with Gasteiger partial charge in [0.2, 0.25) is 0 Å². The first kappa shape index (κ1) is 14.5. The van der Waals surface area contributed by atoms with Crippen molar-refractivity contribution in [1.29, 1.82) is 0 Å². The number of carboxylic acid groups (broad SMARTS) is 1. The Morgan fingerprint density at radius 1 is 1.38 bits per heavy atom. The molecule has 0 aliphatic heterocycles. The molecule has 0 amide bonds. The van der Waals surface area contributed by atoms with Crippen LogP contribution in [0.2, 0.25) is 0 Å². The van der Waals surface area contributed by atoms with Gasteiger partial charge in [-0.15, -0.1) is 0 Å². The van der Waals surface area contributed by atoms with E-state index in [1.807, 2.05) is 39.0 Å². The Morgan fingerprint density at radius 2 is 1.94 bits per heavy atom. The summed E-state index contributed by atoms with van der Waals surface area (Å²) in [6.45, 7) is 7.68. The minimum Gasteiger partial charge on any atom is -0.479 e. The van der Waals surface area contributed by atoms with E-state index in [4.69, 9.17) is 9.84 Å². The fraction of sp³-hybridized carbons (Fsp3) is 0.462. The van der Waals surface area contributed by atoms with Crippen molar-refractivity contribution < 1.29 is 14.6 Å². The van der Waals surface area contributed by atoms with Crippen LogP contribution in [0.1, 0.15) is 32.8 Å². The maximum atomic E-state index is 10.7. The quantitative estimate of drug-likeness (QED) is 0.853. The molecule has 1 aromatic rings. The van der Waals surface area contributed by atoms with Gasteiger partial charge in [0.1, 0.15) is 5.75 Å². The zero-order chi connectivity index (χ0) is 12.6. The lowest BCUT2D eigenvalue weighted by Crippen LogP contribution is -2.26. The van der Waals surface area contributed by atoms with Crippen molar-refractivity contribution in [2.45, 2.75) is 40.2 Å². The molecule has 90 valence electrons. The lowest BCUT2D eigenvalue weighted by atomic mass is 10.2. The summed E-state index contributed by atoms with van der Waals surface area (Å²) < 4.78 is 5.36. The van der Waals surface area contributed by atoms with Crippen LogP contribution < -0.4 is 4.74 Å². The van der Waals surface area contributed by atoms with Crippen molar-refractivity contribution in [3.05, 3.63) is 29.8 Å². The van der Waals surface area contributed by atoms with Crippen molar-refractivity contribution in [3.8, 4) is 5.75 Å². The number of carboxylic acids is 1. The van der Waals surface area contributed by atoms with Crippen LogP contribution in [-0.4, -0.2) is 17.2 Å². The molecule has 1 rings (SSSR count). The van der Waals surface area contributed by atoms with Crippen molar-refractivity contribution in [1.82, 2.24) is 0 Å². The number of rotatable bonds is 4. The summed E-state index contributed by atoms with van der Waals surface area (Å²) in [7, 11) is 0. The average molecular weight is 224 g/mol. The first-order chi connectivity index (χ1) is 7.65. The molecular formula is C13H20O3. The molecule has 16 heavy (non-hydrogen) atoms. The Balaban J connectivity index is 0.00000106. The molecule has 3 heteroatoms. The van der Waals surface area contributed by atoms with Gasteiger partial charge in [-0.2, -0.15) is 0 Å². The highest BCUT2D eigenvalue weighted by Crippen LogP contribution is 2.18. The smallest absolute Gasteiger partial charge is 0.344 e. The molecule has 0 unspecified atom stereocenters. The van der Waals surface area contributed by atoms with Gasteiger partial charge >= 0.3 is 5.97 Å². The van der Waals surface area contributed by atoms with Crippen LogP contribution in [0.5, 0.6) is 5.75 Å². The van der Waals surface area contributed by atoms with Gasteiger partial charge in [0.05, 0.1) is 0 Å². The second-order valence-electron chi connectivity index (χ2n) is 3.12. The summed E-state index contributed by atoms with van der Waals surface area (Å²) in [6, 6.07) is 7.39. The van der Waals surface area contributed by atoms with E-state index in [9.17, 15) is 4.79 Å². The van der Waals surface area contributed by atoms with Gasteiger partial charge in [0.15, 0.2) is 6.10 Å². The lowest BCUT2D eigenvalue weighted by molar-refractivity contribution is -0.145. The van der Waals surface area contributed by atoms with Crippen LogP contribution >= 0.6 is 0 Å². The SMILES string of the molecule is CC.CC[C@@H](Oc1ccccc1C)C(=O)O. The van der Waals surface area contributed by atoms with Gasteiger partial charge in [-0.1, -0.05) is 39.0 Å². The summed E-state index contributed by atoms with van der Waals surface area (Å²) in [5.41, 5.74) is 0.951. The standard InChI is InChI=1S/C11H14O3.C2H6/c1-3-9(11(12)13)14-10-7-5-4-6-8(10)2;1-2/h4-7,9H,3H2,1-2H3,(H,12,13);1-2H3/t9-;/m1./s1. The Kier molecular flexibility index (Phi) is 7.01. The van der Waals surface area contributed by atoms with Crippen LogP contribution in [0.25, 0.3) is 0 Å². The van der Waals surface area contributed by atoms with Gasteiger partial charge in [-0.3, -0.25) is 0 Å². The summed E-state index contributed by atoms with van der Waals surface area (Å²) in [4.78, 5) is 10.7. The summed E-state index contributed by atoms with van der Waals surface area (Å²) in [5.74, 6) is -0.280. The monoisotopic (exact) mass is 224 g/mol. The molecule has 0 aliphatic carbocycles. The highest BCUT2D eigenvalue weighted by Gasteiger charge is 2.17. The third-order valence-corrected chi connectivity index (χ3v) is 2.01. The van der Waals surface area contributed by atoms with Crippen molar-refractivity contribution in [2.24, 2.45) is 0 Å². The molecule has 0 heterocycles. The maximum absolute atomic E-state index is 10.7. The van der Waals surface area contributed by atoms with E-state index >= 15 is 0 Å². The Labute approximate surface area is 97.1 Å². The summed E-state index contributed by atoms with van der Waals surface area (Å²) in [5, 5.41) is 8.80. The number of hydrogen-bond donors (Lipinski definition) is 1. The van der Waals surface area contributed by atoms with Crippen LogP contribution in [-0.2, 0) is 4.79 Å². The third kappa shape index (κ3) is 4.34. The predicted octanol–water partition coefficient (Wildman–Crippen LogP) is 3.26. The number of carbonyl (C=O) groups is 1. The maximum Gasteiger partial charge on any atom is 0.344 e. The summed E-state index contributed by atoms with van der Waals surface area (Å²) >= 11 is 0. The molecule has 0 saturated carbocycles. The number of hydrogen-bond acceptors (Lipinski definition) is 2. The molecule has 1 N–H and O–H groups in total. The predicted molar refractivity (Wildman–Crippen MR) is 64.9 cm³/mol. The van der Waals surface area contributed by atoms with E-state index in [0.29, 0.717) is 12.2 Å². The van der Waals surface area contributed by atoms with Crippen LogP contribution in [0.15, 0.2) is 24.3 Å². The van der Waals surface area contributed by atoms with E-state index in [1.165, 1.54) is 0 Å². The second-order valence-corrected chi connectivity index (χ2v) is 3.12. The number of aryl methyl sites for hydroxylation is 1. The Bertz CT molecular complexity index is 321. The van der Waals surface area contributed by atoms with Crippen LogP contribution in [0.3, 0.4) is 0 Å². The number of ether oxygens (including phenoxy) is 1. The van der Waals surface area contributed by atoms with Gasteiger partial charge in [-0.05, 0) is 25.0 Å². The minimum absolute atomic E-state index is 0.462. The van der Waals surface area contributed by atoms with Gasteiger partial charge in [-0.25, -0.2) is 4.79 Å². The molecule has 1 atom stereocenters. The Morgan fingerprint density at radius 3 is 2.38 bits per heavy atom. The molecule has 1 aromatic carbocycles. The van der Waals surface area contributed by atoms with E-state index in [0.717, 1.165) is 5.56 Å². The fourth-order valence-corrected chi connectivity index (χ4v) is 1.15. The normalized spacial score (nSPS) is 11.0. The van der Waals surface area contributed by atoms with Crippen molar-refractivity contribution in [3.63, 3.8) is 0 Å². The van der Waals surface area contributed by atoms with Gasteiger partial charge in [0, 0.05) is 0 Å². The first-order valence-electron chi connectivity index (χ1n) is 5.60. The molecule has 0 radical (unpaired) electrons. The molecule has 3 nitrogen and oxygen atoms in total. The molecule has 0 bridgehead atoms. The number of aliphatic carboxylic acids is 1. The lowest BCUT2D eigenvalue weighted by Gasteiger charge is -2.14. The first-order valence-corrected chi connectivity index (χ1v) is 5.60. The van der Waals surface area contributed by atoms with Crippen LogP contribution in [0.4, 0.5) is 0 Å². The number of benzene rings is 1. The molecule has 0 aromatic heterocycles. The molecule has 0 aliphatic rings. The van der Waals surface area contributed by atoms with E-state index in [2.05, 4.69) is 0 Å². The summed E-state index contributed by atoms with van der Waals surface area (Å²) in [6.07, 6.45) is -0.292. The zero-order valence-electron chi connectivity index (χ0n) is 10.4. The Hall–Kier alpha value is -1.51. The fourth-order valence-electron chi connectivity index (χ4n) is 1.15. The largest absolute Gasteiger partial charge is 0.479 e. The van der Waals surface area contributed by atoms with Crippen LogP contribution in [0, 0.1) is 6.92 Å². The van der Waals surface area contributed by atoms with Crippen molar-refractivity contribution >= 4 is 5.97 Å². The second kappa shape index (κ2) is 7.74. The molecule has 0 saturated heterocycles. The zero-order valence-corrected chi connectivity index (χ0v) is 10.4. The van der Waals surface area contributed by atoms with Gasteiger partial charge < -0.3 is 9.84 Å². The highest BCUT2D eigenvalue weighted by atomic mass is 16.5. The van der Waals surface area contributed by atoms with Crippen molar-refractivity contribution in [2.75, 3.05) is 0 Å². The van der Waals surface area contributed by atoms with E-state index < -0.39 is 12.1 Å². The molecule has 0 fully saturated rings. The van der Waals surface area contributed by atoms with Gasteiger partial charge in [0.25, 0.3) is 0 Å². The van der Waals surface area contributed by atoms with E-state index in [-0.39, 0.29) is 0 Å². The molecular weight excluding hydrogens is 204 g/mol. The topological polar surface area (TPSA) is 46.5 Å². The molecule has 0 spiro atoms. The minimum atomic E-state index is -0.921. The third-order valence-electron chi connectivity index (χ3n) is 2.01. The average Bonchev–Trinajstić information content (AvgIpc) is 2.30. The number of para-hydroxylation sites is 1.